The number of β-lactam (4-membered cyclic amide) rings is 1. The van der Waals surface area contributed by atoms with Crippen LogP contribution in [-0.4, -0.2) is 97.4 Å². The molecular formula is C19H31N5O6S2. The first kappa shape index (κ1) is 25.0. The number of amides is 2. The summed E-state index contributed by atoms with van der Waals surface area (Å²) in [6, 6.07) is -1.44. The van der Waals surface area contributed by atoms with Gasteiger partial charge in [0.15, 0.2) is 0 Å². The van der Waals surface area contributed by atoms with Crippen LogP contribution in [0.4, 0.5) is 0 Å². The Hall–Kier alpha value is -1.67. The van der Waals surface area contributed by atoms with Gasteiger partial charge in [-0.1, -0.05) is 6.92 Å². The Morgan fingerprint density at radius 3 is 2.62 bits per heavy atom. The number of nitrogens with two attached hydrogens (primary N) is 1. The van der Waals surface area contributed by atoms with Crippen molar-refractivity contribution < 1.29 is 27.9 Å². The minimum absolute atomic E-state index is 0.0107. The molecule has 3 aliphatic heterocycles. The van der Waals surface area contributed by atoms with Crippen LogP contribution in [0.1, 0.15) is 20.3 Å². The highest BCUT2D eigenvalue weighted by atomic mass is 32.2. The van der Waals surface area contributed by atoms with E-state index in [1.807, 2.05) is 6.92 Å². The number of carbonyl (C=O) groups excluding carboxylic acids is 2. The zero-order valence-corrected chi connectivity index (χ0v) is 20.2. The van der Waals surface area contributed by atoms with Gasteiger partial charge in [0.1, 0.15) is 5.70 Å². The molecule has 0 aliphatic carbocycles. The van der Waals surface area contributed by atoms with Gasteiger partial charge in [-0.05, 0) is 13.3 Å². The fraction of sp³-hybridized carbons (Fsp3) is 0.737. The fourth-order valence-corrected chi connectivity index (χ4v) is 7.36. The second kappa shape index (κ2) is 9.29. The van der Waals surface area contributed by atoms with Crippen molar-refractivity contribution in [1.29, 1.82) is 0 Å². The van der Waals surface area contributed by atoms with Crippen LogP contribution in [0.25, 0.3) is 0 Å². The molecule has 6 atom stereocenters. The third-order valence-corrected chi connectivity index (χ3v) is 9.22. The fourth-order valence-electron chi connectivity index (χ4n) is 4.74. The van der Waals surface area contributed by atoms with Gasteiger partial charge in [-0.15, -0.1) is 11.8 Å². The lowest BCUT2D eigenvalue weighted by atomic mass is 9.78. The Balaban J connectivity index is 1.76. The molecule has 0 aromatic rings. The van der Waals surface area contributed by atoms with Gasteiger partial charge >= 0.3 is 5.97 Å². The maximum Gasteiger partial charge on any atom is 0.353 e. The van der Waals surface area contributed by atoms with Gasteiger partial charge in [-0.3, -0.25) is 9.59 Å². The second-order valence-corrected chi connectivity index (χ2v) is 11.9. The van der Waals surface area contributed by atoms with E-state index in [2.05, 4.69) is 10.0 Å². The molecule has 3 aliphatic rings. The van der Waals surface area contributed by atoms with Crippen LogP contribution >= 0.6 is 11.8 Å². The lowest BCUT2D eigenvalue weighted by molar-refractivity contribution is -0.157. The predicted molar refractivity (Wildman–Crippen MR) is 120 cm³/mol. The summed E-state index contributed by atoms with van der Waals surface area (Å²) in [5.74, 6) is -2.78. The predicted octanol–water partition coefficient (Wildman–Crippen LogP) is -1.42. The first-order valence-electron chi connectivity index (χ1n) is 10.5. The summed E-state index contributed by atoms with van der Waals surface area (Å²) in [7, 11) is -0.253. The Morgan fingerprint density at radius 2 is 2.06 bits per heavy atom. The van der Waals surface area contributed by atoms with E-state index < -0.39 is 39.9 Å². The molecule has 0 aromatic heterocycles. The summed E-state index contributed by atoms with van der Waals surface area (Å²) >= 11 is 1.39. The summed E-state index contributed by atoms with van der Waals surface area (Å²) < 4.78 is 26.7. The number of carboxylic acids is 1. The maximum atomic E-state index is 12.9. The summed E-state index contributed by atoms with van der Waals surface area (Å²) in [6.07, 6.45) is 0.558. The van der Waals surface area contributed by atoms with E-state index >= 15 is 0 Å². The monoisotopic (exact) mass is 489 g/mol. The van der Waals surface area contributed by atoms with Crippen molar-refractivity contribution >= 4 is 39.6 Å². The lowest BCUT2D eigenvalue weighted by Gasteiger charge is -2.47. The number of rotatable bonds is 9. The molecule has 2 saturated heterocycles. The number of thioether (sulfide) groups is 1. The molecule has 0 bridgehead atoms. The molecule has 11 nitrogen and oxygen atoms in total. The topological polar surface area (TPSA) is 162 Å². The van der Waals surface area contributed by atoms with Gasteiger partial charge in [0.25, 0.3) is 0 Å². The highest BCUT2D eigenvalue weighted by Crippen LogP contribution is 2.51. The highest BCUT2D eigenvalue weighted by Gasteiger charge is 2.60. The average molecular weight is 490 g/mol. The van der Waals surface area contributed by atoms with Crippen molar-refractivity contribution in [3.63, 3.8) is 0 Å². The van der Waals surface area contributed by atoms with Crippen molar-refractivity contribution in [2.24, 2.45) is 17.6 Å². The normalized spacial score (nSPS) is 30.8. The Bertz CT molecular complexity index is 936. The summed E-state index contributed by atoms with van der Waals surface area (Å²) in [6.45, 7) is 3.99. The number of hydrogen-bond donors (Lipinski definition) is 4. The summed E-state index contributed by atoms with van der Waals surface area (Å²) in [4.78, 5) is 40.6. The van der Waals surface area contributed by atoms with Gasteiger partial charge in [-0.25, -0.2) is 17.9 Å². The van der Waals surface area contributed by atoms with Gasteiger partial charge in [-0.2, -0.15) is 0 Å². The van der Waals surface area contributed by atoms with Crippen LogP contribution in [0, 0.1) is 11.8 Å². The molecule has 0 aromatic carbocycles. The Kier molecular flexibility index (Phi) is 7.25. The lowest BCUT2D eigenvalue weighted by Crippen LogP contribution is -2.66. The Morgan fingerprint density at radius 1 is 1.41 bits per heavy atom. The zero-order valence-electron chi connectivity index (χ0n) is 18.6. The molecule has 0 radical (unpaired) electrons. The van der Waals surface area contributed by atoms with Crippen molar-refractivity contribution in [3.8, 4) is 0 Å². The molecule has 5 N–H and O–H groups in total. The SMILES string of the molecule is CC(NS(=O)(=O)CCN)[C@H]1C(=O)N2C(C(=O)O)=C(S[C@@H]3CN[C@H](C(=O)N(C)C)C3)[C@H](C)[C@H]12. The number of carboxylic acid groups (broad SMARTS) is 1. The molecule has 0 saturated carbocycles. The third kappa shape index (κ3) is 4.53. The first-order chi connectivity index (χ1) is 14.9. The molecule has 13 heteroatoms. The zero-order chi connectivity index (χ0) is 24.0. The molecular weight excluding hydrogens is 458 g/mol. The molecule has 3 heterocycles. The number of sulfonamides is 1. The van der Waals surface area contributed by atoms with Crippen LogP contribution in [0.5, 0.6) is 0 Å². The average Bonchev–Trinajstić information content (AvgIpc) is 3.23. The van der Waals surface area contributed by atoms with Gasteiger partial charge in [0, 0.05) is 49.3 Å². The van der Waals surface area contributed by atoms with Crippen LogP contribution in [0.15, 0.2) is 10.6 Å². The molecule has 3 rings (SSSR count). The highest BCUT2D eigenvalue weighted by molar-refractivity contribution is 8.03. The van der Waals surface area contributed by atoms with E-state index in [1.54, 1.807) is 21.0 Å². The van der Waals surface area contributed by atoms with Crippen molar-refractivity contribution in [1.82, 2.24) is 19.8 Å². The number of aliphatic carboxylic acids is 1. The van der Waals surface area contributed by atoms with Gasteiger partial charge < -0.3 is 26.0 Å². The van der Waals surface area contributed by atoms with E-state index in [0.29, 0.717) is 17.9 Å². The largest absolute Gasteiger partial charge is 0.477 e. The van der Waals surface area contributed by atoms with Crippen LogP contribution in [0.3, 0.4) is 0 Å². The van der Waals surface area contributed by atoms with E-state index in [9.17, 15) is 27.9 Å². The molecule has 32 heavy (non-hydrogen) atoms. The minimum Gasteiger partial charge on any atom is -0.477 e. The number of carbonyl (C=O) groups is 3. The number of fused-ring (bicyclic) bond motifs is 1. The van der Waals surface area contributed by atoms with E-state index in [-0.39, 0.29) is 41.1 Å². The van der Waals surface area contributed by atoms with Gasteiger partial charge in [0.05, 0.1) is 23.8 Å². The third-order valence-electron chi connectivity index (χ3n) is 6.21. The number of hydrogen-bond acceptors (Lipinski definition) is 8. The molecule has 1 unspecified atom stereocenters. The van der Waals surface area contributed by atoms with Crippen molar-refractivity contribution in [2.75, 3.05) is 32.9 Å². The Labute approximate surface area is 192 Å². The molecule has 2 amide bonds. The quantitative estimate of drug-likeness (QED) is 0.285. The minimum atomic E-state index is -3.63. The van der Waals surface area contributed by atoms with Crippen LogP contribution in [0.2, 0.25) is 0 Å². The standard InChI is InChI=1S/C19H31N5O6S2/c1-9-14-13(10(2)22-32(29,30)6-5-20)18(26)24(14)15(19(27)28)16(9)31-11-7-12(21-8-11)17(25)23(3)4/h9-14,21-22H,5-8,20H2,1-4H3,(H,27,28)/t9-,10?,11+,12+,13-,14-/m1/s1. The smallest absolute Gasteiger partial charge is 0.353 e. The first-order valence-corrected chi connectivity index (χ1v) is 13.0. The summed E-state index contributed by atoms with van der Waals surface area (Å²) in [5, 5.41) is 13.0. The van der Waals surface area contributed by atoms with E-state index in [0.717, 1.165) is 0 Å². The molecule has 180 valence electrons. The van der Waals surface area contributed by atoms with E-state index in [4.69, 9.17) is 5.73 Å². The van der Waals surface area contributed by atoms with Crippen molar-refractivity contribution in [2.45, 2.75) is 43.6 Å². The summed E-state index contributed by atoms with van der Waals surface area (Å²) in [5.41, 5.74) is 5.31. The van der Waals surface area contributed by atoms with Crippen LogP contribution in [-0.2, 0) is 24.4 Å². The molecule has 0 spiro atoms. The number of likely N-dealkylation sites (N-methyl/N-ethyl adjacent to an activating group) is 1. The maximum absolute atomic E-state index is 12.9. The van der Waals surface area contributed by atoms with Crippen molar-refractivity contribution in [3.05, 3.63) is 10.6 Å². The number of nitrogens with one attached hydrogen (secondary N) is 2. The second-order valence-electron chi connectivity index (χ2n) is 8.71. The van der Waals surface area contributed by atoms with Crippen LogP contribution < -0.4 is 15.8 Å². The van der Waals surface area contributed by atoms with E-state index in [1.165, 1.54) is 21.6 Å². The number of nitrogens with zero attached hydrogens (tertiary/aromatic N) is 2. The molecule has 2 fully saturated rings. The van der Waals surface area contributed by atoms with Gasteiger partial charge in [0.2, 0.25) is 21.8 Å².